The van der Waals surface area contributed by atoms with E-state index in [1.807, 2.05) is 0 Å². The van der Waals surface area contributed by atoms with Gasteiger partial charge in [0.2, 0.25) is 0 Å². The number of rotatable bonds is 9. The molecule has 2 aromatic carbocycles. The summed E-state index contributed by atoms with van der Waals surface area (Å²) in [5, 5.41) is 4.87. The van der Waals surface area contributed by atoms with E-state index in [1.165, 1.54) is 21.3 Å². The van der Waals surface area contributed by atoms with Crippen LogP contribution in [-0.2, 0) is 16.1 Å². The maximum Gasteiger partial charge on any atom is 0.254 e. The Morgan fingerprint density at radius 2 is 1.80 bits per heavy atom. The Bertz CT molecular complexity index is 917. The maximum absolute atomic E-state index is 14.2. The van der Waals surface area contributed by atoms with Crippen molar-refractivity contribution in [3.05, 3.63) is 53.1 Å². The molecule has 7 nitrogen and oxygen atoms in total. The average Bonchev–Trinajstić information content (AvgIpc) is 2.74. The monoisotopic (exact) mass is 422 g/mol. The summed E-state index contributed by atoms with van der Waals surface area (Å²) in [5.41, 5.74) is -0.132. The van der Waals surface area contributed by atoms with Crippen LogP contribution in [0.2, 0.25) is 0 Å². The van der Waals surface area contributed by atoms with E-state index in [1.54, 1.807) is 25.1 Å². The molecule has 2 aromatic rings. The van der Waals surface area contributed by atoms with Crippen LogP contribution in [0.25, 0.3) is 0 Å². The molecule has 0 radical (unpaired) electrons. The molecule has 0 aliphatic carbocycles. The molecule has 0 saturated carbocycles. The highest BCUT2D eigenvalue weighted by atomic mass is 19.1. The highest BCUT2D eigenvalue weighted by molar-refractivity contribution is 5.98. The van der Waals surface area contributed by atoms with Gasteiger partial charge in [0.25, 0.3) is 11.8 Å². The molecular weight excluding hydrogens is 398 g/mol. The molecule has 0 aliphatic heterocycles. The van der Waals surface area contributed by atoms with Gasteiger partial charge in [0.05, 0.1) is 25.5 Å². The van der Waals surface area contributed by atoms with Gasteiger partial charge in [-0.05, 0) is 18.6 Å². The quantitative estimate of drug-likeness (QED) is 0.648. The highest BCUT2D eigenvalue weighted by Gasteiger charge is 2.21. The molecule has 1 atom stereocenters. The summed E-state index contributed by atoms with van der Waals surface area (Å²) in [6.45, 7) is 1.74. The lowest BCUT2D eigenvalue weighted by Gasteiger charge is -2.15. The molecule has 2 rings (SSSR count). The summed E-state index contributed by atoms with van der Waals surface area (Å²) >= 11 is 0. The first-order valence-electron chi connectivity index (χ1n) is 9.16. The zero-order valence-corrected chi connectivity index (χ0v) is 17.2. The molecule has 0 spiro atoms. The Balaban J connectivity index is 2.21. The van der Waals surface area contributed by atoms with E-state index >= 15 is 0 Å². The van der Waals surface area contributed by atoms with Gasteiger partial charge in [-0.25, -0.2) is 8.78 Å². The van der Waals surface area contributed by atoms with Crippen LogP contribution in [-0.4, -0.2) is 39.2 Å². The largest absolute Gasteiger partial charge is 0.493 e. The Morgan fingerprint density at radius 3 is 2.40 bits per heavy atom. The molecule has 9 heteroatoms. The fourth-order valence-corrected chi connectivity index (χ4v) is 2.85. The number of hydrogen-bond donors (Lipinski definition) is 2. The Hall–Kier alpha value is -3.20. The van der Waals surface area contributed by atoms with Crippen LogP contribution in [0, 0.1) is 11.6 Å². The molecule has 1 unspecified atom stereocenters. The van der Waals surface area contributed by atoms with E-state index in [0.717, 1.165) is 6.07 Å². The van der Waals surface area contributed by atoms with Crippen molar-refractivity contribution in [2.45, 2.75) is 26.0 Å². The normalized spacial score (nSPS) is 11.5. The molecule has 0 fully saturated rings. The SMILES string of the molecule is CCC(OC)C(=O)Nc1cc(C(=O)NCc2cccc(OC)c2OC)c(F)cc1F. The summed E-state index contributed by atoms with van der Waals surface area (Å²) in [6, 6.07) is 6.62. The van der Waals surface area contributed by atoms with E-state index in [0.29, 0.717) is 29.5 Å². The van der Waals surface area contributed by atoms with Gasteiger partial charge in [-0.3, -0.25) is 9.59 Å². The molecule has 0 aromatic heterocycles. The summed E-state index contributed by atoms with van der Waals surface area (Å²) in [4.78, 5) is 24.6. The van der Waals surface area contributed by atoms with Gasteiger partial charge >= 0.3 is 0 Å². The van der Waals surface area contributed by atoms with Crippen molar-refractivity contribution in [1.82, 2.24) is 5.32 Å². The minimum atomic E-state index is -1.06. The molecule has 0 saturated heterocycles. The summed E-state index contributed by atoms with van der Waals surface area (Å²) < 4.78 is 43.8. The van der Waals surface area contributed by atoms with Gasteiger partial charge in [-0.1, -0.05) is 19.1 Å². The second kappa shape index (κ2) is 10.5. The van der Waals surface area contributed by atoms with E-state index in [2.05, 4.69) is 10.6 Å². The number of benzene rings is 2. The second-order valence-electron chi connectivity index (χ2n) is 6.27. The Kier molecular flexibility index (Phi) is 8.11. The van der Waals surface area contributed by atoms with Crippen molar-refractivity contribution in [2.24, 2.45) is 0 Å². The zero-order chi connectivity index (χ0) is 22.3. The molecule has 162 valence electrons. The molecule has 2 N–H and O–H groups in total. The maximum atomic E-state index is 14.2. The molecule has 0 bridgehead atoms. The predicted molar refractivity (Wildman–Crippen MR) is 107 cm³/mol. The van der Waals surface area contributed by atoms with E-state index in [9.17, 15) is 18.4 Å². The van der Waals surface area contributed by atoms with Gasteiger partial charge in [-0.15, -0.1) is 0 Å². The standard InChI is InChI=1S/C21H24F2N2O5/c1-5-17(28-2)21(27)25-16-9-13(14(22)10-15(16)23)20(26)24-11-12-7-6-8-18(29-3)19(12)30-4/h6-10,17H,5,11H2,1-4H3,(H,24,26)(H,25,27). The van der Waals surface area contributed by atoms with E-state index in [4.69, 9.17) is 14.2 Å². The Labute approximate surface area is 173 Å². The van der Waals surface area contributed by atoms with Gasteiger partial charge in [0, 0.05) is 25.3 Å². The fourth-order valence-electron chi connectivity index (χ4n) is 2.85. The van der Waals surface area contributed by atoms with Gasteiger partial charge < -0.3 is 24.8 Å². The zero-order valence-electron chi connectivity index (χ0n) is 17.2. The smallest absolute Gasteiger partial charge is 0.254 e. The van der Waals surface area contributed by atoms with Crippen molar-refractivity contribution < 1.29 is 32.6 Å². The third-order valence-corrected chi connectivity index (χ3v) is 4.43. The third kappa shape index (κ3) is 5.24. The van der Waals surface area contributed by atoms with Crippen LogP contribution >= 0.6 is 0 Å². The Morgan fingerprint density at radius 1 is 1.07 bits per heavy atom. The van der Waals surface area contributed by atoms with Crippen LogP contribution < -0.4 is 20.1 Å². The topological polar surface area (TPSA) is 85.9 Å². The first-order valence-corrected chi connectivity index (χ1v) is 9.16. The van der Waals surface area contributed by atoms with Gasteiger partial charge in [0.1, 0.15) is 17.7 Å². The first-order chi connectivity index (χ1) is 14.4. The van der Waals surface area contributed by atoms with Gasteiger partial charge in [0.15, 0.2) is 11.5 Å². The number of para-hydroxylation sites is 1. The van der Waals surface area contributed by atoms with Crippen molar-refractivity contribution in [1.29, 1.82) is 0 Å². The van der Waals surface area contributed by atoms with Crippen molar-refractivity contribution in [2.75, 3.05) is 26.6 Å². The highest BCUT2D eigenvalue weighted by Crippen LogP contribution is 2.30. The number of amides is 2. The number of hydrogen-bond acceptors (Lipinski definition) is 5. The van der Waals surface area contributed by atoms with Crippen LogP contribution in [0.4, 0.5) is 14.5 Å². The molecular formula is C21H24F2N2O5. The van der Waals surface area contributed by atoms with Crippen LogP contribution in [0.15, 0.2) is 30.3 Å². The lowest BCUT2D eigenvalue weighted by molar-refractivity contribution is -0.125. The number of carbonyl (C=O) groups is 2. The number of halogens is 2. The van der Waals surface area contributed by atoms with Crippen LogP contribution in [0.1, 0.15) is 29.3 Å². The number of methoxy groups -OCH3 is 3. The predicted octanol–water partition coefficient (Wildman–Crippen LogP) is 3.28. The first kappa shape index (κ1) is 23.1. The number of anilines is 1. The third-order valence-electron chi connectivity index (χ3n) is 4.43. The van der Waals surface area contributed by atoms with Crippen LogP contribution in [0.5, 0.6) is 11.5 Å². The molecule has 0 heterocycles. The molecule has 0 aliphatic rings. The lowest BCUT2D eigenvalue weighted by Crippen LogP contribution is -2.29. The second-order valence-corrected chi connectivity index (χ2v) is 6.27. The van der Waals surface area contributed by atoms with Crippen molar-refractivity contribution in [3.8, 4) is 11.5 Å². The minimum absolute atomic E-state index is 0.0132. The number of nitrogens with one attached hydrogen (secondary N) is 2. The summed E-state index contributed by atoms with van der Waals surface area (Å²) in [7, 11) is 4.29. The fraction of sp³-hybridized carbons (Fsp3) is 0.333. The summed E-state index contributed by atoms with van der Waals surface area (Å²) in [6.07, 6.45) is -0.437. The molecule has 2 amide bonds. The lowest BCUT2D eigenvalue weighted by atomic mass is 10.1. The van der Waals surface area contributed by atoms with Crippen LogP contribution in [0.3, 0.4) is 0 Å². The molecule has 30 heavy (non-hydrogen) atoms. The minimum Gasteiger partial charge on any atom is -0.493 e. The van der Waals surface area contributed by atoms with E-state index in [-0.39, 0.29) is 12.2 Å². The van der Waals surface area contributed by atoms with E-state index < -0.39 is 35.1 Å². The average molecular weight is 422 g/mol. The van der Waals surface area contributed by atoms with Gasteiger partial charge in [-0.2, -0.15) is 0 Å². The number of ether oxygens (including phenoxy) is 3. The summed E-state index contributed by atoms with van der Waals surface area (Å²) in [5.74, 6) is -2.54. The number of carbonyl (C=O) groups excluding carboxylic acids is 2. The van der Waals surface area contributed by atoms with Crippen molar-refractivity contribution >= 4 is 17.5 Å². The van der Waals surface area contributed by atoms with Crippen molar-refractivity contribution in [3.63, 3.8) is 0 Å².